The number of aldehydes is 1. The van der Waals surface area contributed by atoms with Crippen molar-refractivity contribution in [2.45, 2.75) is 105 Å². The van der Waals surface area contributed by atoms with Gasteiger partial charge in [-0.3, -0.25) is 14.4 Å². The number of allylic oxidation sites excluding steroid dienone is 1. The third-order valence-corrected chi connectivity index (χ3v) is 13.6. The van der Waals surface area contributed by atoms with Crippen LogP contribution in [0.3, 0.4) is 0 Å². The maximum Gasteiger partial charge on any atom is 0.307 e. The largest absolute Gasteiger partial charge is 0.465 e. The van der Waals surface area contributed by atoms with Crippen LogP contribution in [-0.4, -0.2) is 24.9 Å². The van der Waals surface area contributed by atoms with Crippen molar-refractivity contribution in [1.29, 1.82) is 0 Å². The number of fused-ring (bicyclic) bond motifs is 7. The third kappa shape index (κ3) is 3.53. The molecule has 5 aliphatic rings. The first kappa shape index (κ1) is 27.1. The van der Waals surface area contributed by atoms with Crippen LogP contribution in [0.1, 0.15) is 105 Å². The van der Waals surface area contributed by atoms with Gasteiger partial charge in [-0.15, -0.1) is 0 Å². The van der Waals surface area contributed by atoms with Crippen LogP contribution in [0.5, 0.6) is 0 Å². The molecule has 0 aromatic rings. The van der Waals surface area contributed by atoms with Gasteiger partial charge in [0, 0.05) is 12.3 Å². The monoisotopic (exact) mass is 514 g/mol. The smallest absolute Gasteiger partial charge is 0.307 e. The Labute approximate surface area is 222 Å². The Morgan fingerprint density at radius 1 is 0.919 bits per heavy atom. The van der Waals surface area contributed by atoms with E-state index < -0.39 is 11.5 Å². The van der Waals surface area contributed by atoms with Crippen LogP contribution in [0.4, 0.5) is 4.39 Å². The molecule has 0 N–H and O–H groups in total. The van der Waals surface area contributed by atoms with Crippen molar-refractivity contribution in [3.8, 4) is 0 Å². The first-order valence-electron chi connectivity index (χ1n) is 14.8. The van der Waals surface area contributed by atoms with E-state index in [1.165, 1.54) is 13.3 Å². The van der Waals surface area contributed by atoms with Crippen molar-refractivity contribution >= 4 is 18.3 Å². The summed E-state index contributed by atoms with van der Waals surface area (Å²) < 4.78 is 20.5. The number of hydrogen-bond acceptors (Lipinski definition) is 4. The maximum atomic E-state index is 14.9. The van der Waals surface area contributed by atoms with Crippen LogP contribution in [0.15, 0.2) is 12.2 Å². The molecule has 0 aromatic carbocycles. The fraction of sp³-hybridized carbons (Fsp3) is 0.844. The van der Waals surface area contributed by atoms with E-state index in [9.17, 15) is 18.8 Å². The summed E-state index contributed by atoms with van der Waals surface area (Å²) in [5, 5.41) is 0. The molecular weight excluding hydrogens is 467 g/mol. The number of esters is 1. The lowest BCUT2D eigenvalue weighted by Crippen LogP contribution is -2.66. The molecule has 0 spiro atoms. The summed E-state index contributed by atoms with van der Waals surface area (Å²) in [6.45, 7) is 15.9. The minimum absolute atomic E-state index is 0.00162. The summed E-state index contributed by atoms with van der Waals surface area (Å²) in [5.74, 6) is 0.872. The van der Waals surface area contributed by atoms with Crippen LogP contribution >= 0.6 is 0 Å². The number of carbonyl (C=O) groups is 3. The van der Waals surface area contributed by atoms with Gasteiger partial charge in [0.15, 0.2) is 0 Å². The molecule has 0 saturated heterocycles. The Balaban J connectivity index is 1.52. The molecule has 0 amide bonds. The number of halogens is 1. The molecule has 5 fully saturated rings. The molecule has 4 nitrogen and oxygen atoms in total. The van der Waals surface area contributed by atoms with Gasteiger partial charge in [0.1, 0.15) is 6.29 Å². The van der Waals surface area contributed by atoms with E-state index in [2.05, 4.69) is 34.3 Å². The summed E-state index contributed by atoms with van der Waals surface area (Å²) >= 11 is 0. The second-order valence-corrected chi connectivity index (χ2v) is 14.7. The molecule has 5 heteroatoms. The topological polar surface area (TPSA) is 60.4 Å². The van der Waals surface area contributed by atoms with E-state index in [-0.39, 0.29) is 45.4 Å². The van der Waals surface area contributed by atoms with Gasteiger partial charge in [0.2, 0.25) is 0 Å². The predicted octanol–water partition coefficient (Wildman–Crippen LogP) is 7.25. The van der Waals surface area contributed by atoms with Crippen molar-refractivity contribution in [3.05, 3.63) is 12.2 Å². The number of carbonyl (C=O) groups excluding carboxylic acids is 3. The first-order chi connectivity index (χ1) is 17.3. The van der Waals surface area contributed by atoms with Gasteiger partial charge in [-0.2, -0.15) is 4.39 Å². The summed E-state index contributed by atoms with van der Waals surface area (Å²) in [6.07, 6.45) is 11.3. The van der Waals surface area contributed by atoms with Crippen molar-refractivity contribution in [3.63, 3.8) is 0 Å². The minimum atomic E-state index is -1.16. The van der Waals surface area contributed by atoms with Gasteiger partial charge in [-0.25, -0.2) is 0 Å². The van der Waals surface area contributed by atoms with Crippen LogP contribution in [0, 0.1) is 56.7 Å². The molecule has 37 heavy (non-hydrogen) atoms. The highest BCUT2D eigenvalue weighted by Gasteiger charge is 2.71. The van der Waals surface area contributed by atoms with E-state index >= 15 is 0 Å². The Morgan fingerprint density at radius 2 is 1.65 bits per heavy atom. The Morgan fingerprint density at radius 3 is 2.30 bits per heavy atom. The van der Waals surface area contributed by atoms with Crippen molar-refractivity contribution in [1.82, 2.24) is 0 Å². The maximum absolute atomic E-state index is 14.9. The van der Waals surface area contributed by atoms with Gasteiger partial charge in [0.25, 0.3) is 0 Å². The minimum Gasteiger partial charge on any atom is -0.465 e. The molecule has 0 bridgehead atoms. The average molecular weight is 515 g/mol. The highest BCUT2D eigenvalue weighted by Crippen LogP contribution is 2.77. The van der Waals surface area contributed by atoms with Crippen LogP contribution < -0.4 is 0 Å². The predicted molar refractivity (Wildman–Crippen MR) is 141 cm³/mol. The van der Waals surface area contributed by atoms with Crippen LogP contribution in [-0.2, 0) is 19.1 Å². The highest BCUT2D eigenvalue weighted by atomic mass is 19.1. The normalized spacial score (nSPS) is 50.6. The van der Waals surface area contributed by atoms with E-state index in [1.807, 2.05) is 0 Å². The van der Waals surface area contributed by atoms with Gasteiger partial charge in [-0.1, -0.05) is 40.7 Å². The molecule has 1 unspecified atom stereocenters. The summed E-state index contributed by atoms with van der Waals surface area (Å²) in [5.41, 5.74) is -0.143. The molecule has 0 radical (unpaired) electrons. The standard InChI is InChI=1S/C32H47FO4/c1-20(18-34)22-10-15-32(27(33)36)17-16-30(5)23(26(22)32)8-9-25-29(4)13-7-12-28(3,19-37-21(2)35)24(29)11-14-31(25,30)6/h18,22-26H,1,7-17,19H2,2-6H3/t22-,23+,24-,25+,26+,28?,29-,30+,31+,32-/m0/s1. The Hall–Kier alpha value is -1.52. The second-order valence-electron chi connectivity index (χ2n) is 14.7. The van der Waals surface area contributed by atoms with Crippen LogP contribution in [0.25, 0.3) is 0 Å². The summed E-state index contributed by atoms with van der Waals surface area (Å²) in [4.78, 5) is 36.1. The third-order valence-electron chi connectivity index (χ3n) is 13.6. The van der Waals surface area contributed by atoms with Gasteiger partial charge < -0.3 is 4.74 Å². The lowest BCUT2D eigenvalue weighted by molar-refractivity contribution is -0.241. The number of hydrogen-bond donors (Lipinski definition) is 0. The lowest BCUT2D eigenvalue weighted by Gasteiger charge is -2.72. The van der Waals surface area contributed by atoms with Crippen molar-refractivity contribution < 1.29 is 23.5 Å². The zero-order chi connectivity index (χ0) is 27.0. The number of rotatable bonds is 5. The van der Waals surface area contributed by atoms with E-state index in [0.29, 0.717) is 43.3 Å². The fourth-order valence-electron chi connectivity index (χ4n) is 11.8. The molecule has 0 aromatic heterocycles. The van der Waals surface area contributed by atoms with E-state index in [1.54, 1.807) is 0 Å². The van der Waals surface area contributed by atoms with Crippen LogP contribution in [0.2, 0.25) is 0 Å². The lowest BCUT2D eigenvalue weighted by atomic mass is 9.32. The quantitative estimate of drug-likeness (QED) is 0.168. The van der Waals surface area contributed by atoms with Gasteiger partial charge in [-0.05, 0) is 116 Å². The Kier molecular flexibility index (Phi) is 6.40. The van der Waals surface area contributed by atoms with E-state index in [0.717, 1.165) is 51.2 Å². The SMILES string of the molecule is C=C(C=O)[C@@H]1CC[C@]2(C(=O)F)CC[C@]3(C)[C@H](CC[C@@H]4[C@@]5(C)CCCC(C)(COC(C)=O)[C@@H]5CC[C@]43C)[C@@H]12. The fourth-order valence-corrected chi connectivity index (χ4v) is 11.8. The molecule has 5 rings (SSSR count). The molecule has 10 atom stereocenters. The zero-order valence-corrected chi connectivity index (χ0v) is 23.7. The molecular formula is C32H47FO4. The van der Waals surface area contributed by atoms with E-state index in [4.69, 9.17) is 4.74 Å². The highest BCUT2D eigenvalue weighted by molar-refractivity contribution is 5.79. The van der Waals surface area contributed by atoms with Crippen molar-refractivity contribution in [2.75, 3.05) is 6.61 Å². The molecule has 0 aliphatic heterocycles. The molecule has 5 saturated carbocycles. The first-order valence-corrected chi connectivity index (χ1v) is 14.8. The summed E-state index contributed by atoms with van der Waals surface area (Å²) in [6, 6.07) is -1.16. The second kappa shape index (κ2) is 8.74. The Bertz CT molecular complexity index is 1010. The molecule has 5 aliphatic carbocycles. The van der Waals surface area contributed by atoms with Crippen molar-refractivity contribution in [2.24, 2.45) is 56.7 Å². The molecule has 206 valence electrons. The zero-order valence-electron chi connectivity index (χ0n) is 23.7. The summed E-state index contributed by atoms with van der Waals surface area (Å²) in [7, 11) is 0. The van der Waals surface area contributed by atoms with Gasteiger partial charge in [0.05, 0.1) is 12.0 Å². The number of ether oxygens (including phenoxy) is 1. The average Bonchev–Trinajstić information content (AvgIpc) is 3.24. The van der Waals surface area contributed by atoms with Gasteiger partial charge >= 0.3 is 12.0 Å². The molecule has 0 heterocycles.